The molecule has 1 atom stereocenters. The van der Waals surface area contributed by atoms with Gasteiger partial charge in [0, 0.05) is 5.69 Å². The maximum absolute atomic E-state index is 12.2. The van der Waals surface area contributed by atoms with E-state index in [1.807, 2.05) is 18.2 Å². The van der Waals surface area contributed by atoms with Gasteiger partial charge in [-0.3, -0.25) is 4.79 Å². The molecular weight excluding hydrogens is 298 g/mol. The van der Waals surface area contributed by atoms with Crippen LogP contribution in [0.5, 0.6) is 5.75 Å². The van der Waals surface area contributed by atoms with Crippen LogP contribution in [0.2, 0.25) is 5.02 Å². The molecule has 0 aromatic heterocycles. The van der Waals surface area contributed by atoms with Crippen LogP contribution in [0.4, 0.5) is 5.69 Å². The van der Waals surface area contributed by atoms with Crippen LogP contribution in [0.3, 0.4) is 0 Å². The van der Waals surface area contributed by atoms with Crippen LogP contribution in [0, 0.1) is 0 Å². The SMILES string of the molecule is C[C@@H](Oc1ccccc1Cl)C(=O)Nc1ccc2c(c1)CCC2. The molecule has 0 fully saturated rings. The van der Waals surface area contributed by atoms with E-state index >= 15 is 0 Å². The van der Waals surface area contributed by atoms with Crippen molar-refractivity contribution in [3.8, 4) is 5.75 Å². The lowest BCUT2D eigenvalue weighted by molar-refractivity contribution is -0.122. The fraction of sp³-hybridized carbons (Fsp3) is 0.278. The maximum atomic E-state index is 12.2. The Morgan fingerprint density at radius 3 is 2.77 bits per heavy atom. The molecule has 1 N–H and O–H groups in total. The van der Waals surface area contributed by atoms with Crippen LogP contribution < -0.4 is 10.1 Å². The normalized spacial score (nSPS) is 14.3. The first-order chi connectivity index (χ1) is 10.6. The van der Waals surface area contributed by atoms with Crippen molar-refractivity contribution in [2.24, 2.45) is 0 Å². The van der Waals surface area contributed by atoms with Gasteiger partial charge in [0.2, 0.25) is 0 Å². The minimum absolute atomic E-state index is 0.183. The minimum atomic E-state index is -0.617. The summed E-state index contributed by atoms with van der Waals surface area (Å²) < 4.78 is 5.63. The standard InChI is InChI=1S/C18H18ClNO2/c1-12(22-17-8-3-2-7-16(17)19)18(21)20-15-10-9-13-5-4-6-14(13)11-15/h2-3,7-12H,4-6H2,1H3,(H,20,21)/t12-/m1/s1. The number of amides is 1. The summed E-state index contributed by atoms with van der Waals surface area (Å²) in [6, 6.07) is 13.2. The monoisotopic (exact) mass is 315 g/mol. The second kappa shape index (κ2) is 6.41. The van der Waals surface area contributed by atoms with Crippen molar-refractivity contribution < 1.29 is 9.53 Å². The molecule has 3 nitrogen and oxygen atoms in total. The van der Waals surface area contributed by atoms with Crippen molar-refractivity contribution in [1.29, 1.82) is 0 Å². The zero-order chi connectivity index (χ0) is 15.5. The van der Waals surface area contributed by atoms with E-state index in [4.69, 9.17) is 16.3 Å². The Kier molecular flexibility index (Phi) is 4.34. The van der Waals surface area contributed by atoms with Crippen LogP contribution in [-0.2, 0) is 17.6 Å². The molecule has 1 amide bonds. The van der Waals surface area contributed by atoms with Crippen LogP contribution in [0.1, 0.15) is 24.5 Å². The highest BCUT2D eigenvalue weighted by molar-refractivity contribution is 6.32. The van der Waals surface area contributed by atoms with Gasteiger partial charge in [0.15, 0.2) is 6.10 Å². The molecule has 0 radical (unpaired) electrons. The van der Waals surface area contributed by atoms with Gasteiger partial charge in [0.25, 0.3) is 5.91 Å². The number of para-hydroxylation sites is 1. The van der Waals surface area contributed by atoms with E-state index in [1.54, 1.807) is 19.1 Å². The number of nitrogens with one attached hydrogen (secondary N) is 1. The molecule has 0 spiro atoms. The Bertz CT molecular complexity index is 699. The Morgan fingerprint density at radius 1 is 1.18 bits per heavy atom. The number of ether oxygens (including phenoxy) is 1. The molecule has 2 aromatic carbocycles. The van der Waals surface area contributed by atoms with Gasteiger partial charge in [-0.2, -0.15) is 0 Å². The van der Waals surface area contributed by atoms with Gasteiger partial charge in [0.05, 0.1) is 5.02 Å². The predicted octanol–water partition coefficient (Wildman–Crippen LogP) is 4.23. The van der Waals surface area contributed by atoms with Crippen LogP contribution in [0.15, 0.2) is 42.5 Å². The van der Waals surface area contributed by atoms with Crippen LogP contribution in [0.25, 0.3) is 0 Å². The second-order valence-electron chi connectivity index (χ2n) is 5.52. The summed E-state index contributed by atoms with van der Waals surface area (Å²) in [6.07, 6.45) is 2.80. The first-order valence-corrected chi connectivity index (χ1v) is 7.85. The van der Waals surface area contributed by atoms with E-state index < -0.39 is 6.10 Å². The predicted molar refractivity (Wildman–Crippen MR) is 88.6 cm³/mol. The summed E-state index contributed by atoms with van der Waals surface area (Å²) in [7, 11) is 0. The van der Waals surface area contributed by atoms with Crippen molar-refractivity contribution >= 4 is 23.2 Å². The van der Waals surface area contributed by atoms with Gasteiger partial charge >= 0.3 is 0 Å². The lowest BCUT2D eigenvalue weighted by atomic mass is 10.1. The summed E-state index contributed by atoms with van der Waals surface area (Å²) in [5, 5.41) is 3.40. The number of hydrogen-bond acceptors (Lipinski definition) is 2. The second-order valence-corrected chi connectivity index (χ2v) is 5.92. The molecule has 3 rings (SSSR count). The molecule has 0 aliphatic heterocycles. The molecule has 0 saturated carbocycles. The molecule has 22 heavy (non-hydrogen) atoms. The third-order valence-electron chi connectivity index (χ3n) is 3.88. The number of fused-ring (bicyclic) bond motifs is 1. The van der Waals surface area contributed by atoms with Crippen LogP contribution in [-0.4, -0.2) is 12.0 Å². The third kappa shape index (κ3) is 3.25. The highest BCUT2D eigenvalue weighted by Crippen LogP contribution is 2.26. The molecule has 0 heterocycles. The molecule has 1 aliphatic rings. The summed E-state index contributed by atoms with van der Waals surface area (Å²) >= 11 is 6.04. The number of hydrogen-bond donors (Lipinski definition) is 1. The summed E-state index contributed by atoms with van der Waals surface area (Å²) in [4.78, 5) is 12.2. The highest BCUT2D eigenvalue weighted by atomic mass is 35.5. The summed E-state index contributed by atoms with van der Waals surface area (Å²) in [5.74, 6) is 0.332. The first kappa shape index (κ1) is 14.9. The van der Waals surface area contributed by atoms with E-state index in [0.29, 0.717) is 10.8 Å². The number of anilines is 1. The molecule has 0 saturated heterocycles. The number of carbonyl (C=O) groups excluding carboxylic acids is 1. The quantitative estimate of drug-likeness (QED) is 0.916. The Labute approximate surface area is 135 Å². The summed E-state index contributed by atoms with van der Waals surface area (Å²) in [5.41, 5.74) is 3.54. The van der Waals surface area contributed by atoms with Gasteiger partial charge in [0.1, 0.15) is 5.75 Å². The molecule has 4 heteroatoms. The Hall–Kier alpha value is -2.00. The van der Waals surface area contributed by atoms with Gasteiger partial charge < -0.3 is 10.1 Å². The van der Waals surface area contributed by atoms with E-state index in [9.17, 15) is 4.79 Å². The van der Waals surface area contributed by atoms with Crippen molar-refractivity contribution in [2.75, 3.05) is 5.32 Å². The minimum Gasteiger partial charge on any atom is -0.479 e. The number of benzene rings is 2. The van der Waals surface area contributed by atoms with Gasteiger partial charge in [-0.1, -0.05) is 29.8 Å². The average molecular weight is 316 g/mol. The lowest BCUT2D eigenvalue weighted by Crippen LogP contribution is -2.30. The highest BCUT2D eigenvalue weighted by Gasteiger charge is 2.17. The maximum Gasteiger partial charge on any atom is 0.265 e. The average Bonchev–Trinajstić information content (AvgIpc) is 2.97. The van der Waals surface area contributed by atoms with Crippen molar-refractivity contribution in [3.05, 3.63) is 58.6 Å². The lowest BCUT2D eigenvalue weighted by Gasteiger charge is -2.16. The summed E-state index contributed by atoms with van der Waals surface area (Å²) in [6.45, 7) is 1.71. The van der Waals surface area contributed by atoms with Gasteiger partial charge in [-0.15, -0.1) is 0 Å². The van der Waals surface area contributed by atoms with E-state index in [-0.39, 0.29) is 5.91 Å². The number of halogens is 1. The smallest absolute Gasteiger partial charge is 0.265 e. The topological polar surface area (TPSA) is 38.3 Å². The Morgan fingerprint density at radius 2 is 1.95 bits per heavy atom. The van der Waals surface area contributed by atoms with Crippen LogP contribution >= 0.6 is 11.6 Å². The first-order valence-electron chi connectivity index (χ1n) is 7.47. The zero-order valence-corrected chi connectivity index (χ0v) is 13.2. The van der Waals surface area contributed by atoms with Gasteiger partial charge in [-0.05, 0) is 61.6 Å². The van der Waals surface area contributed by atoms with Crippen molar-refractivity contribution in [2.45, 2.75) is 32.3 Å². The van der Waals surface area contributed by atoms with Crippen molar-refractivity contribution in [3.63, 3.8) is 0 Å². The number of carbonyl (C=O) groups is 1. The fourth-order valence-electron chi connectivity index (χ4n) is 2.68. The molecule has 2 aromatic rings. The Balaban J connectivity index is 1.65. The molecule has 0 unspecified atom stereocenters. The van der Waals surface area contributed by atoms with E-state index in [2.05, 4.69) is 17.4 Å². The molecule has 0 bridgehead atoms. The molecule has 114 valence electrons. The third-order valence-corrected chi connectivity index (χ3v) is 4.19. The zero-order valence-electron chi connectivity index (χ0n) is 12.4. The van der Waals surface area contributed by atoms with E-state index in [0.717, 1.165) is 18.5 Å². The van der Waals surface area contributed by atoms with E-state index in [1.165, 1.54) is 17.5 Å². The molecular formula is C18H18ClNO2. The van der Waals surface area contributed by atoms with Crippen molar-refractivity contribution in [1.82, 2.24) is 0 Å². The number of aryl methyl sites for hydroxylation is 2. The largest absolute Gasteiger partial charge is 0.479 e. The fourth-order valence-corrected chi connectivity index (χ4v) is 2.86. The molecule has 1 aliphatic carbocycles. The number of rotatable bonds is 4. The van der Waals surface area contributed by atoms with Gasteiger partial charge in [-0.25, -0.2) is 0 Å².